The normalized spacial score (nSPS) is 20.2. The van der Waals surface area contributed by atoms with Crippen molar-refractivity contribution in [1.29, 1.82) is 0 Å². The second-order valence-corrected chi connectivity index (χ2v) is 3.85. The molecule has 1 aliphatic rings. The van der Waals surface area contributed by atoms with Crippen LogP contribution in [0.1, 0.15) is 26.7 Å². The van der Waals surface area contributed by atoms with Crippen molar-refractivity contribution in [1.82, 2.24) is 10.8 Å². The minimum atomic E-state index is 0.560. The molecule has 1 aliphatic heterocycles. The minimum absolute atomic E-state index is 0.560. The van der Waals surface area contributed by atoms with Gasteiger partial charge in [-0.1, -0.05) is 13.8 Å². The van der Waals surface area contributed by atoms with Gasteiger partial charge in [-0.15, -0.1) is 0 Å². The zero-order valence-corrected chi connectivity index (χ0v) is 8.10. The molecule has 0 aliphatic carbocycles. The molecule has 1 saturated heterocycles. The molecule has 2 N–H and O–H groups in total. The molecule has 1 fully saturated rings. The summed E-state index contributed by atoms with van der Waals surface area (Å²) >= 11 is 0. The summed E-state index contributed by atoms with van der Waals surface area (Å²) in [6.07, 6.45) is 2.36. The zero-order chi connectivity index (χ0) is 8.81. The number of hydrogen-bond donors (Lipinski definition) is 2. The quantitative estimate of drug-likeness (QED) is 0.619. The standard InChI is InChI=1S/C9H20N2O/c1-8(2)7-12-11-9-3-5-10-6-4-9/h8-11H,3-7H2,1-2H3. The van der Waals surface area contributed by atoms with E-state index in [1.54, 1.807) is 0 Å². The maximum absolute atomic E-state index is 5.36. The Kier molecular flexibility index (Phi) is 4.58. The van der Waals surface area contributed by atoms with Crippen molar-refractivity contribution in [3.05, 3.63) is 0 Å². The van der Waals surface area contributed by atoms with Gasteiger partial charge in [0.05, 0.1) is 6.61 Å². The van der Waals surface area contributed by atoms with E-state index in [1.807, 2.05) is 0 Å². The van der Waals surface area contributed by atoms with Crippen LogP contribution in [0, 0.1) is 5.92 Å². The van der Waals surface area contributed by atoms with Crippen LogP contribution in [-0.4, -0.2) is 25.7 Å². The summed E-state index contributed by atoms with van der Waals surface area (Å²) < 4.78 is 0. The molecule has 0 amide bonds. The highest BCUT2D eigenvalue weighted by Crippen LogP contribution is 2.02. The summed E-state index contributed by atoms with van der Waals surface area (Å²) in [6, 6.07) is 0.560. The van der Waals surface area contributed by atoms with Gasteiger partial charge in [0, 0.05) is 6.04 Å². The molecule has 1 heterocycles. The summed E-state index contributed by atoms with van der Waals surface area (Å²) in [5, 5.41) is 3.32. The molecular formula is C9H20N2O. The largest absolute Gasteiger partial charge is 0.317 e. The van der Waals surface area contributed by atoms with Gasteiger partial charge in [-0.25, -0.2) is 0 Å². The number of nitrogens with one attached hydrogen (secondary N) is 2. The second kappa shape index (κ2) is 5.51. The first-order valence-electron chi connectivity index (χ1n) is 4.87. The minimum Gasteiger partial charge on any atom is -0.317 e. The van der Waals surface area contributed by atoms with Gasteiger partial charge in [0.1, 0.15) is 0 Å². The van der Waals surface area contributed by atoms with Crippen molar-refractivity contribution in [3.63, 3.8) is 0 Å². The van der Waals surface area contributed by atoms with E-state index in [2.05, 4.69) is 24.6 Å². The molecule has 0 aromatic heterocycles. The van der Waals surface area contributed by atoms with Gasteiger partial charge in [-0.2, -0.15) is 5.48 Å². The molecule has 3 nitrogen and oxygen atoms in total. The van der Waals surface area contributed by atoms with Gasteiger partial charge in [-0.3, -0.25) is 0 Å². The lowest BCUT2D eigenvalue weighted by atomic mass is 10.1. The number of hydroxylamine groups is 1. The molecule has 3 heteroatoms. The summed E-state index contributed by atoms with van der Waals surface area (Å²) in [4.78, 5) is 5.36. The molecule has 12 heavy (non-hydrogen) atoms. The van der Waals surface area contributed by atoms with E-state index < -0.39 is 0 Å². The van der Waals surface area contributed by atoms with Gasteiger partial charge in [0.2, 0.25) is 0 Å². The Morgan fingerprint density at radius 1 is 1.42 bits per heavy atom. The highest BCUT2D eigenvalue weighted by molar-refractivity contribution is 4.70. The monoisotopic (exact) mass is 172 g/mol. The van der Waals surface area contributed by atoms with Crippen LogP contribution in [0.2, 0.25) is 0 Å². The summed E-state index contributed by atoms with van der Waals surface area (Å²) in [6.45, 7) is 7.35. The number of hydrogen-bond acceptors (Lipinski definition) is 3. The molecular weight excluding hydrogens is 152 g/mol. The second-order valence-electron chi connectivity index (χ2n) is 3.85. The molecule has 0 unspecified atom stereocenters. The Hall–Kier alpha value is -0.120. The van der Waals surface area contributed by atoms with Crippen molar-refractivity contribution >= 4 is 0 Å². The van der Waals surface area contributed by atoms with Crippen molar-refractivity contribution in [2.75, 3.05) is 19.7 Å². The van der Waals surface area contributed by atoms with E-state index in [0.717, 1.165) is 19.7 Å². The predicted octanol–water partition coefficient (Wildman–Crippen LogP) is 0.916. The fourth-order valence-corrected chi connectivity index (χ4v) is 1.27. The van der Waals surface area contributed by atoms with Crippen molar-refractivity contribution in [2.24, 2.45) is 5.92 Å². The van der Waals surface area contributed by atoms with E-state index in [9.17, 15) is 0 Å². The third-order valence-electron chi connectivity index (χ3n) is 2.01. The van der Waals surface area contributed by atoms with Crippen molar-refractivity contribution in [2.45, 2.75) is 32.7 Å². The van der Waals surface area contributed by atoms with Crippen LogP contribution in [0.4, 0.5) is 0 Å². The van der Waals surface area contributed by atoms with Crippen LogP contribution in [0.15, 0.2) is 0 Å². The molecule has 0 bridgehead atoms. The first kappa shape index (κ1) is 9.96. The lowest BCUT2D eigenvalue weighted by Crippen LogP contribution is -2.40. The molecule has 0 aromatic carbocycles. The highest BCUT2D eigenvalue weighted by atomic mass is 16.6. The Balaban J connectivity index is 1.98. The first-order valence-corrected chi connectivity index (χ1v) is 4.87. The highest BCUT2D eigenvalue weighted by Gasteiger charge is 2.11. The van der Waals surface area contributed by atoms with E-state index >= 15 is 0 Å². The Morgan fingerprint density at radius 3 is 2.67 bits per heavy atom. The first-order chi connectivity index (χ1) is 5.79. The van der Waals surface area contributed by atoms with Crippen LogP contribution in [-0.2, 0) is 4.84 Å². The van der Waals surface area contributed by atoms with Gasteiger partial charge in [0.15, 0.2) is 0 Å². The fourth-order valence-electron chi connectivity index (χ4n) is 1.27. The molecule has 0 spiro atoms. The van der Waals surface area contributed by atoms with Crippen LogP contribution >= 0.6 is 0 Å². The molecule has 0 saturated carbocycles. The number of rotatable bonds is 4. The third kappa shape index (κ3) is 4.04. The van der Waals surface area contributed by atoms with E-state index in [4.69, 9.17) is 4.84 Å². The fraction of sp³-hybridized carbons (Fsp3) is 1.00. The van der Waals surface area contributed by atoms with Gasteiger partial charge < -0.3 is 10.2 Å². The molecule has 0 atom stereocenters. The average molecular weight is 172 g/mol. The maximum atomic E-state index is 5.36. The smallest absolute Gasteiger partial charge is 0.0705 e. The molecule has 0 aromatic rings. The van der Waals surface area contributed by atoms with E-state index in [1.165, 1.54) is 12.8 Å². The summed E-state index contributed by atoms with van der Waals surface area (Å²) in [7, 11) is 0. The lowest BCUT2D eigenvalue weighted by Gasteiger charge is -2.23. The van der Waals surface area contributed by atoms with Crippen LogP contribution in [0.3, 0.4) is 0 Å². The number of piperidine rings is 1. The van der Waals surface area contributed by atoms with Gasteiger partial charge >= 0.3 is 0 Å². The molecule has 1 rings (SSSR count). The van der Waals surface area contributed by atoms with Crippen LogP contribution < -0.4 is 10.8 Å². The van der Waals surface area contributed by atoms with Crippen LogP contribution in [0.25, 0.3) is 0 Å². The summed E-state index contributed by atoms with van der Waals surface area (Å²) in [5.41, 5.74) is 3.11. The van der Waals surface area contributed by atoms with E-state index in [0.29, 0.717) is 12.0 Å². The Labute approximate surface area is 74.8 Å². The van der Waals surface area contributed by atoms with Gasteiger partial charge in [0.25, 0.3) is 0 Å². The molecule has 72 valence electrons. The topological polar surface area (TPSA) is 33.3 Å². The summed E-state index contributed by atoms with van der Waals surface area (Å²) in [5.74, 6) is 0.610. The SMILES string of the molecule is CC(C)CONC1CCNCC1. The molecule has 0 radical (unpaired) electrons. The van der Waals surface area contributed by atoms with E-state index in [-0.39, 0.29) is 0 Å². The van der Waals surface area contributed by atoms with Gasteiger partial charge in [-0.05, 0) is 31.8 Å². The maximum Gasteiger partial charge on any atom is 0.0705 e. The Bertz CT molecular complexity index is 111. The van der Waals surface area contributed by atoms with Crippen molar-refractivity contribution < 1.29 is 4.84 Å². The van der Waals surface area contributed by atoms with Crippen LogP contribution in [0.5, 0.6) is 0 Å². The third-order valence-corrected chi connectivity index (χ3v) is 2.01. The van der Waals surface area contributed by atoms with Crippen molar-refractivity contribution in [3.8, 4) is 0 Å². The zero-order valence-electron chi connectivity index (χ0n) is 8.10. The average Bonchev–Trinajstić information content (AvgIpc) is 2.05. The predicted molar refractivity (Wildman–Crippen MR) is 49.8 cm³/mol. The Morgan fingerprint density at radius 2 is 2.08 bits per heavy atom. The lowest BCUT2D eigenvalue weighted by molar-refractivity contribution is -0.00530.